The number of halogens is 3. The van der Waals surface area contributed by atoms with Crippen LogP contribution in [0.3, 0.4) is 0 Å². The third kappa shape index (κ3) is 3.31. The Bertz CT molecular complexity index is 473. The van der Waals surface area contributed by atoms with E-state index in [0.717, 1.165) is 18.2 Å². The molecular weight excluding hydrogens is 255 g/mol. The van der Waals surface area contributed by atoms with Gasteiger partial charge in [-0.15, -0.1) is 0 Å². The number of benzene rings is 1. The van der Waals surface area contributed by atoms with Crippen molar-refractivity contribution >= 4 is 28.9 Å². The molecule has 0 heterocycles. The van der Waals surface area contributed by atoms with E-state index in [4.69, 9.17) is 11.5 Å². The van der Waals surface area contributed by atoms with Crippen LogP contribution in [-0.4, -0.2) is 11.0 Å². The first-order valence-corrected chi connectivity index (χ1v) is 4.70. The molecule has 0 spiro atoms. The minimum Gasteiger partial charge on any atom is -0.389 e. The van der Waals surface area contributed by atoms with Crippen LogP contribution in [0.4, 0.5) is 23.7 Å². The minimum absolute atomic E-state index is 0.0398. The van der Waals surface area contributed by atoms with Crippen LogP contribution in [0.15, 0.2) is 18.2 Å². The molecule has 1 aromatic rings. The van der Waals surface area contributed by atoms with Crippen molar-refractivity contribution in [3.8, 4) is 0 Å². The zero-order chi connectivity index (χ0) is 13.2. The predicted molar refractivity (Wildman–Crippen MR) is 60.5 cm³/mol. The molecule has 1 aromatic carbocycles. The fourth-order valence-electron chi connectivity index (χ4n) is 1.17. The number of nitrogens with one attached hydrogen (secondary N) is 1. The summed E-state index contributed by atoms with van der Waals surface area (Å²) in [5, 5.41) is 2.14. The molecule has 0 bridgehead atoms. The first-order valence-electron chi connectivity index (χ1n) is 4.29. The Morgan fingerprint density at radius 3 is 2.29 bits per heavy atom. The molecule has 0 unspecified atom stereocenters. The number of urea groups is 1. The third-order valence-corrected chi connectivity index (χ3v) is 2.09. The lowest BCUT2D eigenvalue weighted by atomic mass is 10.1. The summed E-state index contributed by atoms with van der Waals surface area (Å²) >= 11 is 4.60. The van der Waals surface area contributed by atoms with Crippen molar-refractivity contribution in [1.29, 1.82) is 0 Å². The van der Waals surface area contributed by atoms with Gasteiger partial charge in [-0.25, -0.2) is 4.79 Å². The SMILES string of the molecule is NC(=O)Nc1ccc(C(F)(F)F)cc1C(N)=S. The van der Waals surface area contributed by atoms with E-state index >= 15 is 0 Å². The second-order valence-corrected chi connectivity index (χ2v) is 3.55. The molecule has 2 amide bonds. The zero-order valence-electron chi connectivity index (χ0n) is 8.34. The van der Waals surface area contributed by atoms with Gasteiger partial charge in [-0.3, -0.25) is 0 Å². The number of rotatable bonds is 2. The summed E-state index contributed by atoms with van der Waals surface area (Å²) in [5.41, 5.74) is 9.18. The van der Waals surface area contributed by atoms with Gasteiger partial charge in [0.1, 0.15) is 4.99 Å². The van der Waals surface area contributed by atoms with Crippen molar-refractivity contribution in [2.24, 2.45) is 11.5 Å². The number of amides is 2. The maximum Gasteiger partial charge on any atom is 0.416 e. The van der Waals surface area contributed by atoms with Gasteiger partial charge in [0.05, 0.1) is 11.3 Å². The summed E-state index contributed by atoms with van der Waals surface area (Å²) in [4.78, 5) is 10.4. The highest BCUT2D eigenvalue weighted by Gasteiger charge is 2.31. The van der Waals surface area contributed by atoms with Crippen molar-refractivity contribution in [1.82, 2.24) is 0 Å². The predicted octanol–water partition coefficient (Wildman–Crippen LogP) is 1.83. The maximum atomic E-state index is 12.4. The topological polar surface area (TPSA) is 81.1 Å². The minimum atomic E-state index is -4.51. The van der Waals surface area contributed by atoms with Gasteiger partial charge in [-0.05, 0) is 18.2 Å². The first-order chi connectivity index (χ1) is 7.71. The van der Waals surface area contributed by atoms with Gasteiger partial charge >= 0.3 is 12.2 Å². The lowest BCUT2D eigenvalue weighted by Crippen LogP contribution is -2.23. The van der Waals surface area contributed by atoms with Crippen molar-refractivity contribution in [2.75, 3.05) is 5.32 Å². The largest absolute Gasteiger partial charge is 0.416 e. The van der Waals surface area contributed by atoms with Crippen LogP contribution >= 0.6 is 12.2 Å². The first kappa shape index (κ1) is 13.2. The van der Waals surface area contributed by atoms with Crippen LogP contribution in [0, 0.1) is 0 Å². The standard InChI is InChI=1S/C9H8F3N3OS/c10-9(11,12)4-1-2-6(15-8(14)16)5(3-4)7(13)17/h1-3H,(H2,13,17)(H3,14,15,16). The molecule has 0 saturated heterocycles. The highest BCUT2D eigenvalue weighted by Crippen LogP contribution is 2.31. The number of thiocarbonyl (C=S) groups is 1. The number of primary amides is 1. The van der Waals surface area contributed by atoms with Gasteiger partial charge in [0.2, 0.25) is 0 Å². The van der Waals surface area contributed by atoms with Crippen molar-refractivity contribution in [2.45, 2.75) is 6.18 Å². The molecular formula is C9H8F3N3OS. The molecule has 17 heavy (non-hydrogen) atoms. The highest BCUT2D eigenvalue weighted by atomic mass is 32.1. The van der Waals surface area contributed by atoms with Crippen LogP contribution in [0.2, 0.25) is 0 Å². The van der Waals surface area contributed by atoms with E-state index in [0.29, 0.717) is 0 Å². The summed E-state index contributed by atoms with van der Waals surface area (Å²) in [6.07, 6.45) is -4.51. The van der Waals surface area contributed by atoms with E-state index < -0.39 is 17.8 Å². The maximum absolute atomic E-state index is 12.4. The Hall–Kier alpha value is -1.83. The van der Waals surface area contributed by atoms with Crippen LogP contribution in [-0.2, 0) is 6.18 Å². The number of alkyl halides is 3. The Labute approximate surface area is 99.8 Å². The lowest BCUT2D eigenvalue weighted by Gasteiger charge is -2.12. The fourth-order valence-corrected chi connectivity index (χ4v) is 1.34. The van der Waals surface area contributed by atoms with E-state index in [1.165, 1.54) is 0 Å². The van der Waals surface area contributed by atoms with Gasteiger partial charge in [-0.1, -0.05) is 12.2 Å². The number of nitrogens with two attached hydrogens (primary N) is 2. The molecule has 0 radical (unpaired) electrons. The summed E-state index contributed by atoms with van der Waals surface area (Å²) < 4.78 is 37.3. The molecule has 0 aliphatic carbocycles. The van der Waals surface area contributed by atoms with Crippen molar-refractivity contribution < 1.29 is 18.0 Å². The van der Waals surface area contributed by atoms with Crippen LogP contribution < -0.4 is 16.8 Å². The van der Waals surface area contributed by atoms with Crippen LogP contribution in [0.25, 0.3) is 0 Å². The van der Waals surface area contributed by atoms with Gasteiger partial charge in [0, 0.05) is 5.56 Å². The number of carbonyl (C=O) groups is 1. The summed E-state index contributed by atoms with van der Waals surface area (Å²) in [6.45, 7) is 0. The second-order valence-electron chi connectivity index (χ2n) is 3.11. The van der Waals surface area contributed by atoms with E-state index in [1.54, 1.807) is 0 Å². The molecule has 5 N–H and O–H groups in total. The molecule has 0 saturated carbocycles. The zero-order valence-corrected chi connectivity index (χ0v) is 9.15. The second kappa shape index (κ2) is 4.58. The van der Waals surface area contributed by atoms with E-state index in [9.17, 15) is 18.0 Å². The number of hydrogen-bond donors (Lipinski definition) is 3. The van der Waals surface area contributed by atoms with Gasteiger partial charge in [0.15, 0.2) is 0 Å². The number of hydrogen-bond acceptors (Lipinski definition) is 2. The van der Waals surface area contributed by atoms with Crippen molar-refractivity contribution in [3.63, 3.8) is 0 Å². The third-order valence-electron chi connectivity index (χ3n) is 1.87. The van der Waals surface area contributed by atoms with Gasteiger partial charge in [-0.2, -0.15) is 13.2 Å². The molecule has 0 aliphatic heterocycles. The van der Waals surface area contributed by atoms with E-state index in [1.807, 2.05) is 0 Å². The van der Waals surface area contributed by atoms with Gasteiger partial charge in [0.25, 0.3) is 0 Å². The Balaban J connectivity index is 3.27. The summed E-state index contributed by atoms with van der Waals surface area (Å²) in [6, 6.07) is 1.69. The number of anilines is 1. The molecule has 1 rings (SSSR count). The normalized spacial score (nSPS) is 11.0. The average molecular weight is 263 g/mol. The van der Waals surface area contributed by atoms with E-state index in [2.05, 4.69) is 17.5 Å². The molecule has 0 fully saturated rings. The highest BCUT2D eigenvalue weighted by molar-refractivity contribution is 7.80. The molecule has 4 nitrogen and oxygen atoms in total. The monoisotopic (exact) mass is 263 g/mol. The fraction of sp³-hybridized carbons (Fsp3) is 0.111. The van der Waals surface area contributed by atoms with Crippen LogP contribution in [0.5, 0.6) is 0 Å². The van der Waals surface area contributed by atoms with Crippen LogP contribution in [0.1, 0.15) is 11.1 Å². The Kier molecular flexibility index (Phi) is 3.56. The van der Waals surface area contributed by atoms with E-state index in [-0.39, 0.29) is 16.2 Å². The molecule has 92 valence electrons. The Morgan fingerprint density at radius 1 is 1.29 bits per heavy atom. The molecule has 0 aromatic heterocycles. The van der Waals surface area contributed by atoms with Gasteiger partial charge < -0.3 is 16.8 Å². The Morgan fingerprint density at radius 2 is 1.88 bits per heavy atom. The molecule has 0 aliphatic rings. The summed E-state index contributed by atoms with van der Waals surface area (Å²) in [5.74, 6) is 0. The number of carbonyl (C=O) groups excluding carboxylic acids is 1. The molecule has 0 atom stereocenters. The van der Waals surface area contributed by atoms with Crippen molar-refractivity contribution in [3.05, 3.63) is 29.3 Å². The quantitative estimate of drug-likeness (QED) is 0.712. The average Bonchev–Trinajstić information content (AvgIpc) is 2.15. The smallest absolute Gasteiger partial charge is 0.389 e. The molecule has 8 heteroatoms. The lowest BCUT2D eigenvalue weighted by molar-refractivity contribution is -0.137. The summed E-state index contributed by atoms with van der Waals surface area (Å²) in [7, 11) is 0.